The second kappa shape index (κ2) is 6.01. The highest BCUT2D eigenvalue weighted by molar-refractivity contribution is 9.10. The molecule has 1 unspecified atom stereocenters. The van der Waals surface area contributed by atoms with Crippen LogP contribution < -0.4 is 11.1 Å². The fourth-order valence-electron chi connectivity index (χ4n) is 1.26. The summed E-state index contributed by atoms with van der Waals surface area (Å²) in [5.74, 6) is -0.0699. The van der Waals surface area contributed by atoms with Crippen molar-refractivity contribution in [2.24, 2.45) is 5.73 Å². The van der Waals surface area contributed by atoms with Crippen LogP contribution in [0.2, 0.25) is 0 Å². The summed E-state index contributed by atoms with van der Waals surface area (Å²) in [5.41, 5.74) is 7.45. The molecular formula is C12H17BrN2O. The number of hydrogen-bond acceptors (Lipinski definition) is 2. The Bertz CT molecular complexity index is 379. The van der Waals surface area contributed by atoms with E-state index in [1.54, 1.807) is 6.07 Å². The molecule has 1 rings (SSSR count). The van der Waals surface area contributed by atoms with Gasteiger partial charge in [-0.25, -0.2) is 0 Å². The fraction of sp³-hybridized carbons (Fsp3) is 0.417. The van der Waals surface area contributed by atoms with E-state index in [-0.39, 0.29) is 11.9 Å². The van der Waals surface area contributed by atoms with Gasteiger partial charge in [0.25, 0.3) is 5.91 Å². The van der Waals surface area contributed by atoms with Crippen molar-refractivity contribution in [3.63, 3.8) is 0 Å². The number of carbonyl (C=O) groups is 1. The first-order valence-corrected chi connectivity index (χ1v) is 6.13. The molecule has 1 aromatic carbocycles. The predicted molar refractivity (Wildman–Crippen MR) is 69.5 cm³/mol. The third-order valence-corrected chi connectivity index (χ3v) is 3.36. The lowest BCUT2D eigenvalue weighted by Gasteiger charge is -2.10. The minimum absolute atomic E-state index is 0.0282. The summed E-state index contributed by atoms with van der Waals surface area (Å²) < 4.78 is 1.01. The molecule has 0 saturated heterocycles. The van der Waals surface area contributed by atoms with Gasteiger partial charge in [0.1, 0.15) is 0 Å². The van der Waals surface area contributed by atoms with Crippen LogP contribution in [0.25, 0.3) is 0 Å². The zero-order valence-electron chi connectivity index (χ0n) is 9.59. The summed E-state index contributed by atoms with van der Waals surface area (Å²) in [5, 5.41) is 2.82. The molecule has 0 fully saturated rings. The average molecular weight is 285 g/mol. The zero-order valence-corrected chi connectivity index (χ0v) is 11.2. The quantitative estimate of drug-likeness (QED) is 0.891. The molecule has 0 radical (unpaired) electrons. The highest BCUT2D eigenvalue weighted by atomic mass is 79.9. The Morgan fingerprint density at radius 2 is 2.25 bits per heavy atom. The van der Waals surface area contributed by atoms with Crippen LogP contribution >= 0.6 is 15.9 Å². The predicted octanol–water partition coefficient (Wildman–Crippen LogP) is 2.22. The molecule has 0 aliphatic carbocycles. The van der Waals surface area contributed by atoms with Gasteiger partial charge in [0.05, 0.1) is 0 Å². The van der Waals surface area contributed by atoms with Crippen LogP contribution in [0.15, 0.2) is 22.7 Å². The Morgan fingerprint density at radius 1 is 1.56 bits per heavy atom. The second-order valence-electron chi connectivity index (χ2n) is 3.84. The first-order chi connectivity index (χ1) is 7.54. The van der Waals surface area contributed by atoms with Crippen molar-refractivity contribution in [2.75, 3.05) is 6.54 Å². The molecule has 88 valence electrons. The van der Waals surface area contributed by atoms with E-state index in [1.165, 1.54) is 0 Å². The van der Waals surface area contributed by atoms with Crippen LogP contribution in [0.1, 0.15) is 29.3 Å². The molecule has 1 amide bonds. The lowest BCUT2D eigenvalue weighted by Crippen LogP contribution is -2.36. The summed E-state index contributed by atoms with van der Waals surface area (Å²) in [6.07, 6.45) is 0.861. The fourth-order valence-corrected chi connectivity index (χ4v) is 1.50. The van der Waals surface area contributed by atoms with Crippen LogP contribution in [-0.4, -0.2) is 18.5 Å². The number of nitrogens with one attached hydrogen (secondary N) is 1. The van der Waals surface area contributed by atoms with Crippen molar-refractivity contribution in [3.05, 3.63) is 33.8 Å². The summed E-state index contributed by atoms with van der Waals surface area (Å²) in [7, 11) is 0. The summed E-state index contributed by atoms with van der Waals surface area (Å²) in [6, 6.07) is 5.56. The van der Waals surface area contributed by atoms with Crippen molar-refractivity contribution in [2.45, 2.75) is 26.3 Å². The molecule has 0 heterocycles. The zero-order chi connectivity index (χ0) is 12.1. The van der Waals surface area contributed by atoms with Gasteiger partial charge in [0, 0.05) is 22.6 Å². The summed E-state index contributed by atoms with van der Waals surface area (Å²) in [6.45, 7) is 4.48. The van der Waals surface area contributed by atoms with Gasteiger partial charge in [-0.15, -0.1) is 0 Å². The van der Waals surface area contributed by atoms with Gasteiger partial charge in [0.15, 0.2) is 0 Å². The van der Waals surface area contributed by atoms with Gasteiger partial charge >= 0.3 is 0 Å². The smallest absolute Gasteiger partial charge is 0.251 e. The largest absolute Gasteiger partial charge is 0.350 e. The highest BCUT2D eigenvalue weighted by Gasteiger charge is 2.07. The monoisotopic (exact) mass is 284 g/mol. The van der Waals surface area contributed by atoms with Gasteiger partial charge in [-0.05, 0) is 37.1 Å². The first-order valence-electron chi connectivity index (χ1n) is 5.34. The Labute approximate surface area is 105 Å². The van der Waals surface area contributed by atoms with Crippen molar-refractivity contribution in [3.8, 4) is 0 Å². The third-order valence-electron chi connectivity index (χ3n) is 2.47. The maximum Gasteiger partial charge on any atom is 0.251 e. The van der Waals surface area contributed by atoms with Gasteiger partial charge < -0.3 is 11.1 Å². The van der Waals surface area contributed by atoms with E-state index in [4.69, 9.17) is 5.73 Å². The lowest BCUT2D eigenvalue weighted by atomic mass is 10.1. The van der Waals surface area contributed by atoms with Crippen molar-refractivity contribution in [1.29, 1.82) is 0 Å². The number of nitrogens with two attached hydrogens (primary N) is 1. The number of amides is 1. The Kier molecular flexibility index (Phi) is 4.96. The van der Waals surface area contributed by atoms with E-state index < -0.39 is 0 Å². The van der Waals surface area contributed by atoms with Crippen LogP contribution in [-0.2, 0) is 0 Å². The molecule has 0 aliphatic rings. The highest BCUT2D eigenvalue weighted by Crippen LogP contribution is 2.16. The second-order valence-corrected chi connectivity index (χ2v) is 4.70. The van der Waals surface area contributed by atoms with Crippen molar-refractivity contribution < 1.29 is 4.79 Å². The molecule has 0 bridgehead atoms. The molecular weight excluding hydrogens is 268 g/mol. The van der Waals surface area contributed by atoms with E-state index >= 15 is 0 Å². The van der Waals surface area contributed by atoms with Crippen LogP contribution in [0.5, 0.6) is 0 Å². The van der Waals surface area contributed by atoms with E-state index in [0.717, 1.165) is 16.5 Å². The Hall–Kier alpha value is -0.870. The molecule has 1 atom stereocenters. The molecule has 3 N–H and O–H groups in total. The van der Waals surface area contributed by atoms with E-state index in [2.05, 4.69) is 21.2 Å². The van der Waals surface area contributed by atoms with Crippen LogP contribution in [0, 0.1) is 6.92 Å². The van der Waals surface area contributed by atoms with Crippen molar-refractivity contribution in [1.82, 2.24) is 5.32 Å². The Balaban J connectivity index is 2.63. The SMILES string of the molecule is CCC(N)CNC(=O)c1ccc(Br)c(C)c1. The molecule has 3 nitrogen and oxygen atoms in total. The average Bonchev–Trinajstić information content (AvgIpc) is 2.29. The third kappa shape index (κ3) is 3.61. The number of benzene rings is 1. The number of hydrogen-bond donors (Lipinski definition) is 2. The number of halogens is 1. The summed E-state index contributed by atoms with van der Waals surface area (Å²) >= 11 is 3.40. The maximum absolute atomic E-state index is 11.7. The molecule has 4 heteroatoms. The first kappa shape index (κ1) is 13.2. The van der Waals surface area contributed by atoms with E-state index in [1.807, 2.05) is 26.0 Å². The minimum atomic E-state index is -0.0699. The van der Waals surface area contributed by atoms with Gasteiger partial charge in [-0.2, -0.15) is 0 Å². The topological polar surface area (TPSA) is 55.1 Å². The van der Waals surface area contributed by atoms with E-state index in [0.29, 0.717) is 12.1 Å². The molecule has 1 aromatic rings. The van der Waals surface area contributed by atoms with Gasteiger partial charge in [-0.3, -0.25) is 4.79 Å². The Morgan fingerprint density at radius 3 is 2.81 bits per heavy atom. The van der Waals surface area contributed by atoms with Crippen molar-refractivity contribution >= 4 is 21.8 Å². The minimum Gasteiger partial charge on any atom is -0.350 e. The molecule has 16 heavy (non-hydrogen) atoms. The normalized spacial score (nSPS) is 12.2. The molecule has 0 saturated carbocycles. The van der Waals surface area contributed by atoms with Crippen LogP contribution in [0.3, 0.4) is 0 Å². The van der Waals surface area contributed by atoms with Gasteiger partial charge in [0.2, 0.25) is 0 Å². The molecule has 0 spiro atoms. The number of carbonyl (C=O) groups excluding carboxylic acids is 1. The van der Waals surface area contributed by atoms with E-state index in [9.17, 15) is 4.79 Å². The summed E-state index contributed by atoms with van der Waals surface area (Å²) in [4.78, 5) is 11.7. The molecule has 0 aromatic heterocycles. The molecule has 0 aliphatic heterocycles. The standard InChI is InChI=1S/C12H17BrN2O/c1-3-10(14)7-15-12(16)9-4-5-11(13)8(2)6-9/h4-6,10H,3,7,14H2,1-2H3,(H,15,16). The van der Waals surface area contributed by atoms with Crippen LogP contribution in [0.4, 0.5) is 0 Å². The number of aryl methyl sites for hydroxylation is 1. The lowest BCUT2D eigenvalue weighted by molar-refractivity contribution is 0.0951. The number of rotatable bonds is 4. The maximum atomic E-state index is 11.7. The van der Waals surface area contributed by atoms with Gasteiger partial charge in [-0.1, -0.05) is 22.9 Å².